The average Bonchev–Trinajstić information content (AvgIpc) is 3.33. The van der Waals surface area contributed by atoms with Gasteiger partial charge in [0.2, 0.25) is 5.88 Å². The van der Waals surface area contributed by atoms with Crippen LogP contribution in [0.2, 0.25) is 0 Å². The molecule has 1 amide bonds. The van der Waals surface area contributed by atoms with Gasteiger partial charge in [-0.15, -0.1) is 0 Å². The molecule has 1 saturated heterocycles. The lowest BCUT2D eigenvalue weighted by molar-refractivity contribution is -0.137. The van der Waals surface area contributed by atoms with Gasteiger partial charge in [-0.1, -0.05) is 11.8 Å². The molecule has 1 aliphatic rings. The fourth-order valence-corrected chi connectivity index (χ4v) is 4.29. The van der Waals surface area contributed by atoms with Crippen molar-refractivity contribution in [3.05, 3.63) is 60.6 Å². The van der Waals surface area contributed by atoms with Gasteiger partial charge in [-0.3, -0.25) is 0 Å². The van der Waals surface area contributed by atoms with Gasteiger partial charge >= 0.3 is 12.3 Å². The molecule has 1 aliphatic heterocycles. The number of hydrogen-bond acceptors (Lipinski definition) is 6. The standard InChI is InChI=1S/C22H21F3N4O3S/c23-22(24,25)16-1-6-19(28-13-16)31-17-2-4-18(5-3-17)32-21(30)29-11-7-15(8-12-29)14-33-20-26-9-10-27-20/h1-6,9-10,13,15H,7-8,11-12,14H2,(H,26,27). The molecule has 0 radical (unpaired) electrons. The number of nitrogens with one attached hydrogen (secondary N) is 1. The molecule has 1 N–H and O–H groups in total. The molecule has 0 saturated carbocycles. The molecule has 0 aliphatic carbocycles. The van der Waals surface area contributed by atoms with Crippen molar-refractivity contribution in [3.63, 3.8) is 0 Å². The van der Waals surface area contributed by atoms with Crippen molar-refractivity contribution in [3.8, 4) is 17.4 Å². The molecule has 3 heterocycles. The first-order valence-corrected chi connectivity index (χ1v) is 11.3. The fourth-order valence-electron chi connectivity index (χ4n) is 3.28. The van der Waals surface area contributed by atoms with Crippen molar-refractivity contribution in [2.45, 2.75) is 24.2 Å². The van der Waals surface area contributed by atoms with E-state index in [1.165, 1.54) is 0 Å². The number of carbonyl (C=O) groups is 1. The highest BCUT2D eigenvalue weighted by atomic mass is 32.2. The normalized spacial score (nSPS) is 14.8. The molecule has 11 heteroatoms. The molecular weight excluding hydrogens is 457 g/mol. The Bertz CT molecular complexity index is 1040. The highest BCUT2D eigenvalue weighted by Gasteiger charge is 2.30. The van der Waals surface area contributed by atoms with Crippen LogP contribution in [0.3, 0.4) is 0 Å². The second kappa shape index (κ2) is 10.2. The third kappa shape index (κ3) is 6.41. The minimum absolute atomic E-state index is 0.0285. The zero-order valence-corrected chi connectivity index (χ0v) is 18.2. The van der Waals surface area contributed by atoms with Crippen LogP contribution in [0, 0.1) is 5.92 Å². The number of ether oxygens (including phenoxy) is 2. The summed E-state index contributed by atoms with van der Waals surface area (Å²) in [6.45, 7) is 1.26. The molecular formula is C22H21F3N4O3S. The van der Waals surface area contributed by atoms with Crippen molar-refractivity contribution in [1.82, 2.24) is 19.9 Å². The first kappa shape index (κ1) is 23.0. The van der Waals surface area contributed by atoms with E-state index in [0.29, 0.717) is 36.7 Å². The van der Waals surface area contributed by atoms with Crippen LogP contribution in [0.25, 0.3) is 0 Å². The molecule has 0 atom stereocenters. The van der Waals surface area contributed by atoms with Gasteiger partial charge in [0.15, 0.2) is 5.16 Å². The van der Waals surface area contributed by atoms with Crippen molar-refractivity contribution >= 4 is 17.9 Å². The van der Waals surface area contributed by atoms with Crippen LogP contribution in [0.4, 0.5) is 18.0 Å². The Labute approximate surface area is 192 Å². The van der Waals surface area contributed by atoms with Crippen LogP contribution in [-0.4, -0.2) is 44.8 Å². The van der Waals surface area contributed by atoms with E-state index >= 15 is 0 Å². The maximum absolute atomic E-state index is 12.6. The highest BCUT2D eigenvalue weighted by molar-refractivity contribution is 7.99. The summed E-state index contributed by atoms with van der Waals surface area (Å²) < 4.78 is 48.7. The molecule has 174 valence electrons. The van der Waals surface area contributed by atoms with E-state index in [1.54, 1.807) is 53.3 Å². The summed E-state index contributed by atoms with van der Waals surface area (Å²) in [6.07, 6.45) is 1.17. The minimum Gasteiger partial charge on any atom is -0.439 e. The number of piperidine rings is 1. The number of halogens is 3. The van der Waals surface area contributed by atoms with E-state index in [1.807, 2.05) is 0 Å². The summed E-state index contributed by atoms with van der Waals surface area (Å²) in [6, 6.07) is 8.28. The van der Waals surface area contributed by atoms with Gasteiger partial charge in [0.05, 0.1) is 5.56 Å². The zero-order valence-electron chi connectivity index (χ0n) is 17.4. The van der Waals surface area contributed by atoms with E-state index < -0.39 is 17.8 Å². The largest absolute Gasteiger partial charge is 0.439 e. The number of thioether (sulfide) groups is 1. The molecule has 3 aromatic rings. The minimum atomic E-state index is -4.45. The van der Waals surface area contributed by atoms with E-state index in [9.17, 15) is 18.0 Å². The third-order valence-corrected chi connectivity index (χ3v) is 6.25. The predicted molar refractivity (Wildman–Crippen MR) is 115 cm³/mol. The number of benzene rings is 1. The maximum atomic E-state index is 12.6. The summed E-state index contributed by atoms with van der Waals surface area (Å²) in [4.78, 5) is 25.1. The number of amides is 1. The van der Waals surface area contributed by atoms with Gasteiger partial charge < -0.3 is 19.4 Å². The molecule has 1 aromatic carbocycles. The van der Waals surface area contributed by atoms with Gasteiger partial charge in [0, 0.05) is 43.5 Å². The number of aromatic nitrogens is 3. The van der Waals surface area contributed by atoms with Crippen molar-refractivity contribution in [2.75, 3.05) is 18.8 Å². The Hall–Kier alpha value is -3.21. The van der Waals surface area contributed by atoms with Gasteiger partial charge in [-0.25, -0.2) is 14.8 Å². The summed E-state index contributed by atoms with van der Waals surface area (Å²) in [5.41, 5.74) is -0.850. The lowest BCUT2D eigenvalue weighted by atomic mass is 9.99. The van der Waals surface area contributed by atoms with Crippen LogP contribution >= 0.6 is 11.8 Å². The number of H-pyrrole nitrogens is 1. The number of hydrogen-bond donors (Lipinski definition) is 1. The topological polar surface area (TPSA) is 80.3 Å². The molecule has 33 heavy (non-hydrogen) atoms. The van der Waals surface area contributed by atoms with E-state index in [4.69, 9.17) is 9.47 Å². The number of aromatic amines is 1. The van der Waals surface area contributed by atoms with Gasteiger partial charge in [0.1, 0.15) is 11.5 Å². The molecule has 0 bridgehead atoms. The summed E-state index contributed by atoms with van der Waals surface area (Å²) in [5, 5.41) is 0.901. The number of pyridine rings is 1. The first-order chi connectivity index (χ1) is 15.9. The number of likely N-dealkylation sites (tertiary alicyclic amines) is 1. The molecule has 2 aromatic heterocycles. The monoisotopic (exact) mass is 478 g/mol. The zero-order chi connectivity index (χ0) is 23.3. The fraction of sp³-hybridized carbons (Fsp3) is 0.318. The summed E-state index contributed by atoms with van der Waals surface area (Å²) in [5.74, 6) is 2.20. The number of rotatable bonds is 6. The lowest BCUT2D eigenvalue weighted by Gasteiger charge is -2.30. The van der Waals surface area contributed by atoms with Crippen LogP contribution in [0.15, 0.2) is 60.1 Å². The highest BCUT2D eigenvalue weighted by Crippen LogP contribution is 2.30. The number of carbonyl (C=O) groups excluding carboxylic acids is 1. The van der Waals surface area contributed by atoms with Crippen molar-refractivity contribution < 1.29 is 27.4 Å². The summed E-state index contributed by atoms with van der Waals surface area (Å²) in [7, 11) is 0. The number of imidazole rings is 1. The molecule has 4 rings (SSSR count). The van der Waals surface area contributed by atoms with E-state index in [-0.39, 0.29) is 5.88 Å². The van der Waals surface area contributed by atoms with Crippen molar-refractivity contribution in [1.29, 1.82) is 0 Å². The lowest BCUT2D eigenvalue weighted by Crippen LogP contribution is -2.40. The van der Waals surface area contributed by atoms with Gasteiger partial charge in [-0.2, -0.15) is 13.2 Å². The van der Waals surface area contributed by atoms with Crippen molar-refractivity contribution in [2.24, 2.45) is 5.92 Å². The van der Waals surface area contributed by atoms with E-state index in [0.717, 1.165) is 35.9 Å². The van der Waals surface area contributed by atoms with Gasteiger partial charge in [-0.05, 0) is 49.1 Å². The SMILES string of the molecule is O=C(Oc1ccc(Oc2ccc(C(F)(F)F)cn2)cc1)N1CCC(CSc2ncc[nH]2)CC1. The predicted octanol–water partition coefficient (Wildman–Crippen LogP) is 5.62. The Kier molecular flexibility index (Phi) is 7.07. The average molecular weight is 478 g/mol. The smallest absolute Gasteiger partial charge is 0.417 e. The van der Waals surface area contributed by atoms with Crippen LogP contribution < -0.4 is 9.47 Å². The summed E-state index contributed by atoms with van der Waals surface area (Å²) >= 11 is 1.68. The number of nitrogens with zero attached hydrogens (tertiary/aromatic N) is 3. The van der Waals surface area contributed by atoms with E-state index in [2.05, 4.69) is 15.0 Å². The molecule has 1 fully saturated rings. The maximum Gasteiger partial charge on any atom is 0.417 e. The molecule has 0 spiro atoms. The first-order valence-electron chi connectivity index (χ1n) is 10.3. The van der Waals surface area contributed by atoms with Crippen LogP contribution in [-0.2, 0) is 6.18 Å². The van der Waals surface area contributed by atoms with Crippen LogP contribution in [0.1, 0.15) is 18.4 Å². The molecule has 7 nitrogen and oxygen atoms in total. The quantitative estimate of drug-likeness (QED) is 0.464. The Morgan fingerprint density at radius 1 is 1.09 bits per heavy atom. The number of alkyl halides is 3. The third-order valence-electron chi connectivity index (χ3n) is 5.12. The van der Waals surface area contributed by atoms with Gasteiger partial charge in [0.25, 0.3) is 0 Å². The Balaban J connectivity index is 1.23. The second-order valence-corrected chi connectivity index (χ2v) is 8.47. The Morgan fingerprint density at radius 3 is 2.42 bits per heavy atom. The molecule has 0 unspecified atom stereocenters. The van der Waals surface area contributed by atoms with Crippen LogP contribution in [0.5, 0.6) is 17.4 Å². The Morgan fingerprint density at radius 2 is 1.82 bits per heavy atom. The second-order valence-electron chi connectivity index (χ2n) is 7.46.